The van der Waals surface area contributed by atoms with E-state index in [9.17, 15) is 31.2 Å². The van der Waals surface area contributed by atoms with Gasteiger partial charge in [0.1, 0.15) is 12.2 Å². The third-order valence-electron chi connectivity index (χ3n) is 4.60. The van der Waals surface area contributed by atoms with Gasteiger partial charge in [-0.25, -0.2) is 18.7 Å². The molecule has 1 amide bonds. The third-order valence-corrected chi connectivity index (χ3v) is 5.96. The number of anilines is 1. The van der Waals surface area contributed by atoms with E-state index >= 15 is 0 Å². The molecule has 0 fully saturated rings. The van der Waals surface area contributed by atoms with E-state index < -0.39 is 33.6 Å². The van der Waals surface area contributed by atoms with Crippen LogP contribution in [0.3, 0.4) is 0 Å². The molecule has 17 heteroatoms. The van der Waals surface area contributed by atoms with Crippen LogP contribution in [0.1, 0.15) is 31.0 Å². The molecule has 0 spiro atoms. The maximum absolute atomic E-state index is 13.0. The molecule has 0 saturated carbocycles. The molecular formula is C22H29F3N6O7S. The number of hydroxylamine groups is 1. The Morgan fingerprint density at radius 3 is 2.33 bits per heavy atom. The zero-order chi connectivity index (χ0) is 30.0. The van der Waals surface area contributed by atoms with E-state index in [2.05, 4.69) is 15.5 Å². The summed E-state index contributed by atoms with van der Waals surface area (Å²) < 4.78 is 60.8. The van der Waals surface area contributed by atoms with Crippen LogP contribution in [0, 0.1) is 12.3 Å². The standard InChI is InChI=1S/C20H28N6O5S.C2HF3O2/c1-13(2)17-8-7-16(25-32(29,30)15-6-4-5-14(3)11-15)19(28)26(17)12-18(27)23-9-10-31-24-20(21)22;3-2(4,5)1(6)7/h4-8,11,13,25H,9-10,12H2,1-3H3,(H,23,27)(H4,21,22,24);(H,6,7). The number of alkyl halides is 3. The summed E-state index contributed by atoms with van der Waals surface area (Å²) in [5, 5.41) is 16.7. The van der Waals surface area contributed by atoms with E-state index in [1.54, 1.807) is 25.1 Å². The summed E-state index contributed by atoms with van der Waals surface area (Å²) in [4.78, 5) is 39.2. The Bertz CT molecular complexity index is 1340. The normalized spacial score (nSPS) is 11.3. The molecular weight excluding hydrogens is 549 g/mol. The van der Waals surface area contributed by atoms with Gasteiger partial charge >= 0.3 is 12.1 Å². The molecule has 216 valence electrons. The van der Waals surface area contributed by atoms with Crippen LogP contribution in [-0.4, -0.2) is 55.3 Å². The molecule has 0 unspecified atom stereocenters. The van der Waals surface area contributed by atoms with Crippen molar-refractivity contribution in [3.63, 3.8) is 0 Å². The van der Waals surface area contributed by atoms with Gasteiger partial charge in [0.05, 0.1) is 11.5 Å². The summed E-state index contributed by atoms with van der Waals surface area (Å²) in [5.41, 5.74) is 7.77. The Morgan fingerprint density at radius 2 is 1.82 bits per heavy atom. The zero-order valence-corrected chi connectivity index (χ0v) is 21.9. The minimum absolute atomic E-state index is 0.0355. The van der Waals surface area contributed by atoms with Gasteiger partial charge in [-0.15, -0.1) is 0 Å². The Balaban J connectivity index is 0.000000956. The predicted octanol–water partition coefficient (Wildman–Crippen LogP) is 1.25. The fraction of sp³-hybridized carbons (Fsp3) is 0.364. The summed E-state index contributed by atoms with van der Waals surface area (Å²) in [7, 11) is -3.98. The van der Waals surface area contributed by atoms with Crippen LogP contribution in [0.5, 0.6) is 0 Å². The quantitative estimate of drug-likeness (QED) is 0.104. The number of carboxylic acid groups (broad SMARTS) is 1. The zero-order valence-electron chi connectivity index (χ0n) is 21.1. The molecule has 0 saturated heterocycles. The lowest BCUT2D eigenvalue weighted by atomic mass is 10.1. The van der Waals surface area contributed by atoms with E-state index in [-0.39, 0.29) is 42.2 Å². The van der Waals surface area contributed by atoms with Crippen molar-refractivity contribution in [1.82, 2.24) is 15.4 Å². The van der Waals surface area contributed by atoms with Gasteiger partial charge in [0.2, 0.25) is 11.9 Å². The van der Waals surface area contributed by atoms with Gasteiger partial charge in [-0.2, -0.15) is 13.2 Å². The molecule has 7 N–H and O–H groups in total. The number of hydrogen-bond donors (Lipinski definition) is 6. The van der Waals surface area contributed by atoms with Crippen molar-refractivity contribution < 1.29 is 41.1 Å². The Labute approximate surface area is 221 Å². The number of carbonyl (C=O) groups is 2. The highest BCUT2D eigenvalue weighted by atomic mass is 32.2. The average Bonchev–Trinajstić information content (AvgIpc) is 2.80. The number of rotatable bonds is 10. The molecule has 13 nitrogen and oxygen atoms in total. The lowest BCUT2D eigenvalue weighted by molar-refractivity contribution is -0.192. The van der Waals surface area contributed by atoms with Gasteiger partial charge in [0, 0.05) is 12.2 Å². The van der Waals surface area contributed by atoms with Crippen LogP contribution >= 0.6 is 0 Å². The van der Waals surface area contributed by atoms with Crippen molar-refractivity contribution in [3.8, 4) is 0 Å². The number of nitrogens with zero attached hydrogens (tertiary/aromatic N) is 1. The highest BCUT2D eigenvalue weighted by Gasteiger charge is 2.38. The van der Waals surface area contributed by atoms with Crippen molar-refractivity contribution in [2.75, 3.05) is 17.9 Å². The molecule has 0 bridgehead atoms. The summed E-state index contributed by atoms with van der Waals surface area (Å²) in [6.07, 6.45) is -5.08. The molecule has 0 radical (unpaired) electrons. The first-order valence-electron chi connectivity index (χ1n) is 11.1. The molecule has 1 heterocycles. The monoisotopic (exact) mass is 578 g/mol. The molecule has 0 aliphatic heterocycles. The van der Waals surface area contributed by atoms with Gasteiger partial charge in [-0.05, 0) is 42.7 Å². The molecule has 2 rings (SSSR count). The second-order valence-corrected chi connectivity index (χ2v) is 9.84. The van der Waals surface area contributed by atoms with E-state index in [1.807, 2.05) is 13.8 Å². The Hall–Kier alpha value is -4.12. The predicted molar refractivity (Wildman–Crippen MR) is 134 cm³/mol. The Kier molecular flexibility index (Phi) is 11.9. The fourth-order valence-electron chi connectivity index (χ4n) is 2.89. The number of amides is 1. The number of halogens is 3. The SMILES string of the molecule is Cc1cccc(S(=O)(=O)Nc2ccc(C(C)C)n(CC(=O)NCCONC(=N)N)c2=O)c1.O=C(O)C(F)(F)F. The maximum atomic E-state index is 13.0. The third kappa shape index (κ3) is 11.0. The summed E-state index contributed by atoms with van der Waals surface area (Å²) in [6, 6.07) is 9.34. The van der Waals surface area contributed by atoms with Gasteiger partial charge in [0.25, 0.3) is 15.6 Å². The van der Waals surface area contributed by atoms with Crippen LogP contribution in [0.15, 0.2) is 46.1 Å². The molecule has 0 aliphatic carbocycles. The van der Waals surface area contributed by atoms with Crippen molar-refractivity contribution in [1.29, 1.82) is 5.41 Å². The highest BCUT2D eigenvalue weighted by molar-refractivity contribution is 7.92. The number of nitrogens with two attached hydrogens (primary N) is 1. The number of nitrogens with one attached hydrogen (secondary N) is 4. The van der Waals surface area contributed by atoms with E-state index in [0.717, 1.165) is 5.56 Å². The summed E-state index contributed by atoms with van der Waals surface area (Å²) in [6.45, 7) is 5.36. The largest absolute Gasteiger partial charge is 0.490 e. The average molecular weight is 579 g/mol. The van der Waals surface area contributed by atoms with Crippen molar-refractivity contribution in [2.45, 2.75) is 44.3 Å². The van der Waals surface area contributed by atoms with Gasteiger partial charge in [-0.1, -0.05) is 26.0 Å². The van der Waals surface area contributed by atoms with Crippen LogP contribution in [0.25, 0.3) is 0 Å². The van der Waals surface area contributed by atoms with E-state index in [1.165, 1.54) is 22.8 Å². The fourth-order valence-corrected chi connectivity index (χ4v) is 4.05. The molecule has 2 aromatic rings. The summed E-state index contributed by atoms with van der Waals surface area (Å²) >= 11 is 0. The lowest BCUT2D eigenvalue weighted by Crippen LogP contribution is -2.38. The van der Waals surface area contributed by atoms with E-state index in [4.69, 9.17) is 25.9 Å². The minimum Gasteiger partial charge on any atom is -0.475 e. The van der Waals surface area contributed by atoms with Crippen molar-refractivity contribution >= 4 is 33.5 Å². The number of guanidine groups is 1. The van der Waals surface area contributed by atoms with Crippen LogP contribution in [0.4, 0.5) is 18.9 Å². The first kappa shape index (κ1) is 32.9. The highest BCUT2D eigenvalue weighted by Crippen LogP contribution is 2.18. The van der Waals surface area contributed by atoms with Crippen LogP contribution in [0.2, 0.25) is 0 Å². The van der Waals surface area contributed by atoms with Gasteiger partial charge in [-0.3, -0.25) is 24.6 Å². The second kappa shape index (κ2) is 14.1. The van der Waals surface area contributed by atoms with Crippen molar-refractivity contribution in [3.05, 3.63) is 58.0 Å². The number of carbonyl (C=O) groups excluding carboxylic acids is 1. The van der Waals surface area contributed by atoms with Crippen molar-refractivity contribution in [2.24, 2.45) is 5.73 Å². The van der Waals surface area contributed by atoms with E-state index in [0.29, 0.717) is 5.69 Å². The lowest BCUT2D eigenvalue weighted by Gasteiger charge is -2.17. The number of aromatic nitrogens is 1. The first-order valence-corrected chi connectivity index (χ1v) is 12.6. The number of pyridine rings is 1. The summed E-state index contributed by atoms with van der Waals surface area (Å²) in [5.74, 6) is -3.66. The molecule has 1 aromatic carbocycles. The number of aryl methyl sites for hydroxylation is 1. The molecule has 0 atom stereocenters. The second-order valence-electron chi connectivity index (χ2n) is 8.16. The number of carboxylic acids is 1. The Morgan fingerprint density at radius 1 is 1.21 bits per heavy atom. The number of benzene rings is 1. The molecule has 1 aromatic heterocycles. The minimum atomic E-state index is -5.08. The molecule has 39 heavy (non-hydrogen) atoms. The first-order chi connectivity index (χ1) is 18.0. The van der Waals surface area contributed by atoms with Gasteiger partial charge < -0.3 is 20.7 Å². The van der Waals surface area contributed by atoms with Crippen LogP contribution in [-0.2, 0) is 31.0 Å². The number of hydrogen-bond acceptors (Lipinski definition) is 7. The van der Waals surface area contributed by atoms with Crippen LogP contribution < -0.4 is 26.8 Å². The smallest absolute Gasteiger partial charge is 0.475 e. The topological polar surface area (TPSA) is 206 Å². The number of sulfonamides is 1. The molecule has 0 aliphatic rings. The maximum Gasteiger partial charge on any atom is 0.490 e. The number of aliphatic carboxylic acids is 1. The van der Waals surface area contributed by atoms with Gasteiger partial charge in [0.15, 0.2) is 0 Å².